The first-order valence-electron chi connectivity index (χ1n) is 6.66. The summed E-state index contributed by atoms with van der Waals surface area (Å²) in [5.74, 6) is -0.361. The van der Waals surface area contributed by atoms with Crippen LogP contribution in [-0.4, -0.2) is 29.6 Å². The van der Waals surface area contributed by atoms with Gasteiger partial charge < -0.3 is 16.0 Å². The lowest BCUT2D eigenvalue weighted by molar-refractivity contribution is 0.128. The maximum atomic E-state index is 13.1. The van der Waals surface area contributed by atoms with Crippen LogP contribution in [0.4, 0.5) is 14.9 Å². The first-order valence-corrected chi connectivity index (χ1v) is 6.66. The second kappa shape index (κ2) is 6.02. The number of likely N-dealkylation sites (tertiary alicyclic amines) is 1. The van der Waals surface area contributed by atoms with Gasteiger partial charge in [-0.2, -0.15) is 0 Å². The van der Waals surface area contributed by atoms with E-state index in [9.17, 15) is 9.18 Å². The molecule has 5 heteroatoms. The third kappa shape index (κ3) is 3.23. The number of anilines is 1. The summed E-state index contributed by atoms with van der Waals surface area (Å²) < 4.78 is 13.1. The van der Waals surface area contributed by atoms with Crippen LogP contribution in [0.5, 0.6) is 0 Å². The van der Waals surface area contributed by atoms with Gasteiger partial charge in [-0.1, -0.05) is 6.07 Å². The van der Waals surface area contributed by atoms with Crippen LogP contribution in [-0.2, 0) is 0 Å². The Hall–Kier alpha value is -1.62. The van der Waals surface area contributed by atoms with E-state index in [0.29, 0.717) is 12.2 Å². The summed E-state index contributed by atoms with van der Waals surface area (Å²) in [6.45, 7) is 2.48. The van der Waals surface area contributed by atoms with E-state index >= 15 is 0 Å². The lowest BCUT2D eigenvalue weighted by Crippen LogP contribution is -2.53. The van der Waals surface area contributed by atoms with E-state index in [1.807, 2.05) is 6.92 Å². The highest BCUT2D eigenvalue weighted by Gasteiger charge is 2.30. The molecule has 1 saturated heterocycles. The van der Waals surface area contributed by atoms with E-state index in [-0.39, 0.29) is 23.9 Å². The number of nitrogens with two attached hydrogens (primary N) is 1. The van der Waals surface area contributed by atoms with Crippen molar-refractivity contribution >= 4 is 11.7 Å². The lowest BCUT2D eigenvalue weighted by Gasteiger charge is -2.40. The predicted molar refractivity (Wildman–Crippen MR) is 73.4 cm³/mol. The van der Waals surface area contributed by atoms with E-state index < -0.39 is 0 Å². The third-order valence-electron chi connectivity index (χ3n) is 3.61. The van der Waals surface area contributed by atoms with Crippen molar-refractivity contribution in [3.63, 3.8) is 0 Å². The monoisotopic (exact) mass is 265 g/mol. The smallest absolute Gasteiger partial charge is 0.322 e. The fourth-order valence-electron chi connectivity index (χ4n) is 2.64. The molecular formula is C14H20FN3O. The van der Waals surface area contributed by atoms with Crippen LogP contribution in [0.15, 0.2) is 24.3 Å². The van der Waals surface area contributed by atoms with E-state index in [4.69, 9.17) is 5.73 Å². The van der Waals surface area contributed by atoms with Crippen molar-refractivity contribution in [2.45, 2.75) is 38.3 Å². The summed E-state index contributed by atoms with van der Waals surface area (Å²) in [4.78, 5) is 14.1. The molecule has 0 aliphatic carbocycles. The van der Waals surface area contributed by atoms with Crippen LogP contribution in [0, 0.1) is 5.82 Å². The zero-order valence-electron chi connectivity index (χ0n) is 11.1. The van der Waals surface area contributed by atoms with Gasteiger partial charge in [0.2, 0.25) is 0 Å². The fourth-order valence-corrected chi connectivity index (χ4v) is 2.64. The molecule has 1 aromatic carbocycles. The van der Waals surface area contributed by atoms with Gasteiger partial charge in [-0.25, -0.2) is 9.18 Å². The Morgan fingerprint density at radius 2 is 2.32 bits per heavy atom. The Labute approximate surface area is 112 Å². The molecule has 2 atom stereocenters. The minimum Gasteiger partial charge on any atom is -0.328 e. The lowest BCUT2D eigenvalue weighted by atomic mass is 9.97. The van der Waals surface area contributed by atoms with Crippen LogP contribution >= 0.6 is 0 Å². The molecule has 0 bridgehead atoms. The summed E-state index contributed by atoms with van der Waals surface area (Å²) in [6, 6.07) is 5.94. The second-order valence-electron chi connectivity index (χ2n) is 5.02. The molecular weight excluding hydrogens is 245 g/mol. The summed E-state index contributed by atoms with van der Waals surface area (Å²) in [7, 11) is 0. The Morgan fingerprint density at radius 3 is 3.00 bits per heavy atom. The molecule has 1 heterocycles. The summed E-state index contributed by atoms with van der Waals surface area (Å²) >= 11 is 0. The molecule has 0 aromatic heterocycles. The van der Waals surface area contributed by atoms with Gasteiger partial charge in [-0.05, 0) is 44.4 Å². The number of carbonyl (C=O) groups excluding carboxylic acids is 1. The number of amides is 2. The highest BCUT2D eigenvalue weighted by Crippen LogP contribution is 2.23. The van der Waals surface area contributed by atoms with Crippen molar-refractivity contribution in [2.24, 2.45) is 5.73 Å². The normalized spacial score (nSPS) is 23.2. The molecule has 1 aliphatic heterocycles. The number of halogens is 1. The Kier molecular flexibility index (Phi) is 4.37. The largest absolute Gasteiger partial charge is 0.328 e. The van der Waals surface area contributed by atoms with Gasteiger partial charge in [-0.3, -0.25) is 0 Å². The maximum Gasteiger partial charge on any atom is 0.322 e. The summed E-state index contributed by atoms with van der Waals surface area (Å²) in [5, 5.41) is 2.74. The molecule has 1 fully saturated rings. The van der Waals surface area contributed by atoms with E-state index in [1.54, 1.807) is 17.0 Å². The van der Waals surface area contributed by atoms with Gasteiger partial charge in [0.05, 0.1) is 0 Å². The van der Waals surface area contributed by atoms with Crippen molar-refractivity contribution in [3.05, 3.63) is 30.1 Å². The molecule has 0 radical (unpaired) electrons. The average Bonchev–Trinajstić information content (AvgIpc) is 2.38. The molecule has 2 amide bonds. The zero-order valence-corrected chi connectivity index (χ0v) is 11.1. The number of nitrogens with one attached hydrogen (secondary N) is 1. The second-order valence-corrected chi connectivity index (χ2v) is 5.02. The van der Waals surface area contributed by atoms with Gasteiger partial charge in [0, 0.05) is 24.3 Å². The summed E-state index contributed by atoms with van der Waals surface area (Å²) in [6.07, 6.45) is 3.00. The molecule has 19 heavy (non-hydrogen) atoms. The number of urea groups is 1. The quantitative estimate of drug-likeness (QED) is 0.863. The minimum absolute atomic E-state index is 0.0670. The molecule has 104 valence electrons. The van der Waals surface area contributed by atoms with E-state index in [1.165, 1.54) is 12.1 Å². The molecule has 1 aromatic rings. The number of hydrogen-bond donors (Lipinski definition) is 2. The van der Waals surface area contributed by atoms with Gasteiger partial charge in [0.25, 0.3) is 0 Å². The SMILES string of the molecule is CC1CCCC(CN)N1C(=O)Nc1cccc(F)c1. The maximum absolute atomic E-state index is 13.1. The van der Waals surface area contributed by atoms with Crippen LogP contribution < -0.4 is 11.1 Å². The average molecular weight is 265 g/mol. The Bertz CT molecular complexity index is 452. The van der Waals surface area contributed by atoms with Crippen LogP contribution in [0.2, 0.25) is 0 Å². The third-order valence-corrected chi connectivity index (χ3v) is 3.61. The van der Waals surface area contributed by atoms with Crippen LogP contribution in [0.1, 0.15) is 26.2 Å². The number of nitrogens with zero attached hydrogens (tertiary/aromatic N) is 1. The fraction of sp³-hybridized carbons (Fsp3) is 0.500. The van der Waals surface area contributed by atoms with Crippen molar-refractivity contribution in [3.8, 4) is 0 Å². The Morgan fingerprint density at radius 1 is 1.53 bits per heavy atom. The topological polar surface area (TPSA) is 58.4 Å². The molecule has 4 nitrogen and oxygen atoms in total. The first-order chi connectivity index (χ1) is 9.11. The predicted octanol–water partition coefficient (Wildman–Crippen LogP) is 2.56. The van der Waals surface area contributed by atoms with Crippen molar-refractivity contribution < 1.29 is 9.18 Å². The van der Waals surface area contributed by atoms with Crippen LogP contribution in [0.25, 0.3) is 0 Å². The van der Waals surface area contributed by atoms with Gasteiger partial charge >= 0.3 is 6.03 Å². The van der Waals surface area contributed by atoms with Crippen molar-refractivity contribution in [2.75, 3.05) is 11.9 Å². The molecule has 0 saturated carbocycles. The Balaban J connectivity index is 2.09. The zero-order chi connectivity index (χ0) is 13.8. The highest BCUT2D eigenvalue weighted by molar-refractivity contribution is 5.89. The number of piperidine rings is 1. The molecule has 2 unspecified atom stereocenters. The molecule has 1 aliphatic rings. The molecule has 0 spiro atoms. The van der Waals surface area contributed by atoms with Gasteiger partial charge in [-0.15, -0.1) is 0 Å². The first kappa shape index (κ1) is 13.8. The standard InChI is InChI=1S/C14H20FN3O/c1-10-4-2-7-13(9-16)18(10)14(19)17-12-6-3-5-11(15)8-12/h3,5-6,8,10,13H,2,4,7,9,16H2,1H3,(H,17,19). The number of carbonyl (C=O) groups is 1. The van der Waals surface area contributed by atoms with Crippen molar-refractivity contribution in [1.29, 1.82) is 0 Å². The molecule has 2 rings (SSSR count). The van der Waals surface area contributed by atoms with Gasteiger partial charge in [0.15, 0.2) is 0 Å². The minimum atomic E-state index is -0.361. The van der Waals surface area contributed by atoms with E-state index in [2.05, 4.69) is 5.32 Å². The number of hydrogen-bond acceptors (Lipinski definition) is 2. The van der Waals surface area contributed by atoms with Crippen molar-refractivity contribution in [1.82, 2.24) is 4.90 Å². The highest BCUT2D eigenvalue weighted by atomic mass is 19.1. The van der Waals surface area contributed by atoms with E-state index in [0.717, 1.165) is 19.3 Å². The number of benzene rings is 1. The van der Waals surface area contributed by atoms with Crippen LogP contribution in [0.3, 0.4) is 0 Å². The summed E-state index contributed by atoms with van der Waals surface area (Å²) in [5.41, 5.74) is 6.20. The molecule has 3 N–H and O–H groups in total. The van der Waals surface area contributed by atoms with Gasteiger partial charge in [0.1, 0.15) is 5.82 Å². The number of rotatable bonds is 2.